The zero-order valence-corrected chi connectivity index (χ0v) is 18.4. The van der Waals surface area contributed by atoms with E-state index in [1.165, 1.54) is 23.1 Å². The molecule has 2 heterocycles. The van der Waals surface area contributed by atoms with Gasteiger partial charge < -0.3 is 19.9 Å². The summed E-state index contributed by atoms with van der Waals surface area (Å²) in [7, 11) is 0. The Hall–Kier alpha value is -3.77. The molecule has 2 aliphatic heterocycles. The van der Waals surface area contributed by atoms with Gasteiger partial charge in [0.25, 0.3) is 5.91 Å². The van der Waals surface area contributed by atoms with Crippen LogP contribution in [0.15, 0.2) is 48.5 Å². The third-order valence-electron chi connectivity index (χ3n) is 5.83. The summed E-state index contributed by atoms with van der Waals surface area (Å²) in [5, 5.41) is 2.64. The van der Waals surface area contributed by atoms with Crippen LogP contribution in [0.5, 0.6) is 5.75 Å². The summed E-state index contributed by atoms with van der Waals surface area (Å²) in [5.74, 6) is -2.59. The summed E-state index contributed by atoms with van der Waals surface area (Å²) in [6.07, 6.45) is -11.1. The van der Waals surface area contributed by atoms with Crippen LogP contribution in [0.4, 0.5) is 26.3 Å². The molecule has 2 aromatic carbocycles. The highest BCUT2D eigenvalue weighted by molar-refractivity contribution is 6.05. The van der Waals surface area contributed by atoms with Crippen molar-refractivity contribution in [2.75, 3.05) is 13.1 Å². The minimum Gasteiger partial charge on any atom is -0.406 e. The Labute approximate surface area is 200 Å². The molecule has 36 heavy (non-hydrogen) atoms. The average molecular weight is 515 g/mol. The number of alkyl halides is 6. The quantitative estimate of drug-likeness (QED) is 0.597. The van der Waals surface area contributed by atoms with Crippen LogP contribution in [0, 0.1) is 0 Å². The maximum absolute atomic E-state index is 13.1. The number of nitrogens with one attached hydrogen (secondary N) is 1. The number of carbonyl (C=O) groups is 3. The van der Waals surface area contributed by atoms with Gasteiger partial charge in [0.15, 0.2) is 0 Å². The SMILES string of the molecule is O=C(NCc1ccc(OC(F)(F)F)cc1)C1c2ccccc2C(=O)N1C1CN(C(=O)CC(F)(F)F)C1. The normalized spacial score (nSPS) is 18.1. The lowest BCUT2D eigenvalue weighted by molar-refractivity contribution is -0.274. The Kier molecular flexibility index (Phi) is 6.58. The average Bonchev–Trinajstić information content (AvgIpc) is 3.02. The molecule has 0 aliphatic carbocycles. The second-order valence-electron chi connectivity index (χ2n) is 8.36. The van der Waals surface area contributed by atoms with Crippen LogP contribution in [-0.2, 0) is 16.1 Å². The minimum atomic E-state index is -4.84. The molecule has 0 bridgehead atoms. The number of fused-ring (bicyclic) bond motifs is 1. The number of ether oxygens (including phenoxy) is 1. The van der Waals surface area contributed by atoms with E-state index in [4.69, 9.17) is 0 Å². The molecule has 2 aliphatic rings. The predicted molar refractivity (Wildman–Crippen MR) is 111 cm³/mol. The second-order valence-corrected chi connectivity index (χ2v) is 8.36. The highest BCUT2D eigenvalue weighted by Crippen LogP contribution is 2.38. The van der Waals surface area contributed by atoms with Crippen LogP contribution in [0.3, 0.4) is 0 Å². The van der Waals surface area contributed by atoms with Crippen molar-refractivity contribution in [2.45, 2.75) is 37.6 Å². The molecule has 3 amide bonds. The van der Waals surface area contributed by atoms with Crippen molar-refractivity contribution in [3.05, 3.63) is 65.2 Å². The first-order valence-electron chi connectivity index (χ1n) is 10.7. The number of nitrogens with zero attached hydrogens (tertiary/aromatic N) is 2. The van der Waals surface area contributed by atoms with E-state index in [0.29, 0.717) is 11.1 Å². The largest absolute Gasteiger partial charge is 0.573 e. The molecule has 7 nitrogen and oxygen atoms in total. The number of likely N-dealkylation sites (tertiary alicyclic amines) is 1. The molecule has 1 saturated heterocycles. The van der Waals surface area contributed by atoms with Crippen molar-refractivity contribution in [2.24, 2.45) is 0 Å². The summed E-state index contributed by atoms with van der Waals surface area (Å²) in [5.41, 5.74) is 1.15. The first-order valence-corrected chi connectivity index (χ1v) is 10.7. The van der Waals surface area contributed by atoms with Gasteiger partial charge in [-0.2, -0.15) is 13.2 Å². The van der Waals surface area contributed by atoms with Crippen molar-refractivity contribution in [3.8, 4) is 5.75 Å². The van der Waals surface area contributed by atoms with Gasteiger partial charge in [0.05, 0.1) is 6.04 Å². The number of halogens is 6. The number of amides is 3. The van der Waals surface area contributed by atoms with Gasteiger partial charge in [-0.25, -0.2) is 0 Å². The van der Waals surface area contributed by atoms with Gasteiger partial charge in [0, 0.05) is 25.2 Å². The lowest BCUT2D eigenvalue weighted by Crippen LogP contribution is -2.63. The molecule has 1 unspecified atom stereocenters. The number of carbonyl (C=O) groups excluding carboxylic acids is 3. The maximum atomic E-state index is 13.1. The molecule has 1 atom stereocenters. The van der Waals surface area contributed by atoms with E-state index in [1.54, 1.807) is 18.2 Å². The molecule has 0 spiro atoms. The second kappa shape index (κ2) is 9.36. The molecular weight excluding hydrogens is 496 g/mol. The molecular formula is C23H19F6N3O4. The van der Waals surface area contributed by atoms with Crippen LogP contribution in [0.25, 0.3) is 0 Å². The summed E-state index contributed by atoms with van der Waals surface area (Å²) in [6, 6.07) is 9.49. The molecule has 0 saturated carbocycles. The Morgan fingerprint density at radius 1 is 0.972 bits per heavy atom. The molecule has 1 fully saturated rings. The highest BCUT2D eigenvalue weighted by atomic mass is 19.4. The van der Waals surface area contributed by atoms with Crippen LogP contribution in [0.2, 0.25) is 0 Å². The fourth-order valence-corrected chi connectivity index (χ4v) is 4.19. The van der Waals surface area contributed by atoms with Crippen molar-refractivity contribution in [1.82, 2.24) is 15.1 Å². The van der Waals surface area contributed by atoms with Crippen LogP contribution >= 0.6 is 0 Å². The summed E-state index contributed by atoms with van der Waals surface area (Å²) in [4.78, 5) is 40.2. The van der Waals surface area contributed by atoms with E-state index in [-0.39, 0.29) is 25.2 Å². The van der Waals surface area contributed by atoms with Gasteiger partial charge in [-0.1, -0.05) is 30.3 Å². The molecule has 0 radical (unpaired) electrons. The van der Waals surface area contributed by atoms with Crippen LogP contribution in [0.1, 0.15) is 33.9 Å². The predicted octanol–water partition coefficient (Wildman–Crippen LogP) is 3.56. The molecule has 1 N–H and O–H groups in total. The lowest BCUT2D eigenvalue weighted by Gasteiger charge is -2.45. The number of hydrogen-bond acceptors (Lipinski definition) is 4. The molecule has 4 rings (SSSR count). The van der Waals surface area contributed by atoms with E-state index in [0.717, 1.165) is 17.0 Å². The molecule has 0 aromatic heterocycles. The zero-order valence-electron chi connectivity index (χ0n) is 18.4. The minimum absolute atomic E-state index is 0.0628. The molecule has 192 valence electrons. The Bertz CT molecular complexity index is 1160. The van der Waals surface area contributed by atoms with Crippen molar-refractivity contribution in [3.63, 3.8) is 0 Å². The number of rotatable bonds is 6. The van der Waals surface area contributed by atoms with E-state index in [2.05, 4.69) is 10.1 Å². The highest BCUT2D eigenvalue weighted by Gasteiger charge is 2.49. The monoisotopic (exact) mass is 515 g/mol. The first kappa shape index (κ1) is 25.3. The van der Waals surface area contributed by atoms with E-state index < -0.39 is 54.5 Å². The standard InChI is InChI=1S/C23H19F6N3O4/c24-22(25,26)9-18(33)31-11-14(12-31)32-19(16-3-1-2-4-17(16)21(32)35)20(34)30-10-13-5-7-15(8-6-13)36-23(27,28)29/h1-8,14,19H,9-12H2,(H,30,34). The number of hydrogen-bond donors (Lipinski definition) is 1. The summed E-state index contributed by atoms with van der Waals surface area (Å²) < 4.78 is 78.3. The Balaban J connectivity index is 1.44. The Morgan fingerprint density at radius 2 is 1.61 bits per heavy atom. The van der Waals surface area contributed by atoms with E-state index in [1.807, 2.05) is 0 Å². The lowest BCUT2D eigenvalue weighted by atomic mass is 10.0. The summed E-state index contributed by atoms with van der Waals surface area (Å²) >= 11 is 0. The van der Waals surface area contributed by atoms with Crippen molar-refractivity contribution in [1.29, 1.82) is 0 Å². The van der Waals surface area contributed by atoms with Gasteiger partial charge in [0.1, 0.15) is 18.2 Å². The van der Waals surface area contributed by atoms with Crippen molar-refractivity contribution >= 4 is 17.7 Å². The molecule has 13 heteroatoms. The maximum Gasteiger partial charge on any atom is 0.573 e. The summed E-state index contributed by atoms with van der Waals surface area (Å²) in [6.45, 7) is -0.342. The van der Waals surface area contributed by atoms with Crippen LogP contribution < -0.4 is 10.1 Å². The zero-order chi connectivity index (χ0) is 26.3. The Morgan fingerprint density at radius 3 is 2.22 bits per heavy atom. The van der Waals surface area contributed by atoms with Gasteiger partial charge in [-0.3, -0.25) is 14.4 Å². The van der Waals surface area contributed by atoms with E-state index in [9.17, 15) is 40.7 Å². The van der Waals surface area contributed by atoms with E-state index >= 15 is 0 Å². The van der Waals surface area contributed by atoms with Crippen molar-refractivity contribution < 1.29 is 45.5 Å². The van der Waals surface area contributed by atoms with Gasteiger partial charge in [-0.05, 0) is 29.3 Å². The fraction of sp³-hybridized carbons (Fsp3) is 0.348. The topological polar surface area (TPSA) is 79.0 Å². The smallest absolute Gasteiger partial charge is 0.406 e. The van der Waals surface area contributed by atoms with Gasteiger partial charge >= 0.3 is 12.5 Å². The van der Waals surface area contributed by atoms with Gasteiger partial charge in [0.2, 0.25) is 11.8 Å². The van der Waals surface area contributed by atoms with Crippen LogP contribution in [-0.4, -0.2) is 59.2 Å². The number of benzene rings is 2. The molecule has 2 aromatic rings. The first-order chi connectivity index (χ1) is 16.8. The fourth-order valence-electron chi connectivity index (χ4n) is 4.19. The third-order valence-corrected chi connectivity index (χ3v) is 5.83. The van der Waals surface area contributed by atoms with Gasteiger partial charge in [-0.15, -0.1) is 13.2 Å². The third kappa shape index (κ3) is 5.55.